The van der Waals surface area contributed by atoms with Crippen molar-refractivity contribution in [3.05, 3.63) is 158 Å². The Labute approximate surface area is 393 Å². The number of fused-ring (bicyclic) bond motifs is 2. The molecule has 0 spiro atoms. The third-order valence-electron chi connectivity index (χ3n) is 14.5. The summed E-state index contributed by atoms with van der Waals surface area (Å²) in [6.45, 7) is 39.5. The van der Waals surface area contributed by atoms with Crippen molar-refractivity contribution < 1.29 is 4.42 Å². The van der Waals surface area contributed by atoms with Crippen LogP contribution in [0.3, 0.4) is 0 Å². The van der Waals surface area contributed by atoms with E-state index in [1.54, 1.807) is 5.57 Å². The van der Waals surface area contributed by atoms with Crippen LogP contribution in [0.25, 0.3) is 11.0 Å². The maximum absolute atomic E-state index is 7.21. The highest BCUT2D eigenvalue weighted by Gasteiger charge is 2.38. The lowest BCUT2D eigenvalue weighted by Gasteiger charge is -2.41. The molecule has 0 bridgehead atoms. The summed E-state index contributed by atoms with van der Waals surface area (Å²) in [6.07, 6.45) is 24.9. The van der Waals surface area contributed by atoms with Crippen LogP contribution in [-0.4, -0.2) is 35.1 Å². The topological polar surface area (TPSA) is 37.2 Å². The first-order valence-electron chi connectivity index (χ1n) is 24.5. The van der Waals surface area contributed by atoms with Gasteiger partial charge in [-0.05, 0) is 141 Å². The van der Waals surface area contributed by atoms with E-state index < -0.39 is 8.80 Å². The van der Waals surface area contributed by atoms with Crippen LogP contribution in [0.4, 0.5) is 0 Å². The third kappa shape index (κ3) is 13.1. The lowest BCUT2D eigenvalue weighted by molar-refractivity contribution is 0.332. The molecule has 5 rings (SSSR count). The highest BCUT2D eigenvalue weighted by molar-refractivity contribution is 6.86. The zero-order valence-corrected chi connectivity index (χ0v) is 44.0. The quantitative estimate of drug-likeness (QED) is 0.0806. The van der Waals surface area contributed by atoms with Crippen molar-refractivity contribution in [3.8, 4) is 0 Å². The first kappa shape index (κ1) is 50.9. The number of rotatable bonds is 17. The molecule has 5 heteroatoms. The fourth-order valence-electron chi connectivity index (χ4n) is 9.45. The molecule has 0 aliphatic heterocycles. The van der Waals surface area contributed by atoms with Crippen LogP contribution in [0.5, 0.6) is 0 Å². The van der Waals surface area contributed by atoms with Gasteiger partial charge in [0, 0.05) is 30.7 Å². The average molecular weight is 876 g/mol. The van der Waals surface area contributed by atoms with Gasteiger partial charge < -0.3 is 15.1 Å². The van der Waals surface area contributed by atoms with Gasteiger partial charge in [0.15, 0.2) is 0 Å². The lowest BCUT2D eigenvalue weighted by Crippen LogP contribution is -2.40. The Hall–Kier alpha value is -4.06. The summed E-state index contributed by atoms with van der Waals surface area (Å²) >= 11 is 0. The van der Waals surface area contributed by atoms with Crippen LogP contribution in [0, 0.1) is 17.3 Å². The summed E-state index contributed by atoms with van der Waals surface area (Å²) in [7, 11) is -0.657. The second kappa shape index (κ2) is 22.0. The van der Waals surface area contributed by atoms with Crippen molar-refractivity contribution >= 4 is 32.1 Å². The van der Waals surface area contributed by atoms with Crippen LogP contribution < -0.4 is 16.3 Å². The minimum absolute atomic E-state index is 0.0206. The number of allylic oxidation sites excluding steroid dienone is 12. The number of benzene rings is 2. The predicted molar refractivity (Wildman–Crippen MR) is 285 cm³/mol. The predicted octanol–water partition coefficient (Wildman–Crippen LogP) is 14.9. The van der Waals surface area contributed by atoms with E-state index in [1.807, 2.05) is 0 Å². The molecule has 1 aromatic heterocycles. The molecule has 343 valence electrons. The first-order valence-corrected chi connectivity index (χ1v) is 27.0. The molecule has 0 saturated carbocycles. The molecule has 2 aliphatic carbocycles. The summed E-state index contributed by atoms with van der Waals surface area (Å²) in [5.74, 6) is 1.25. The smallest absolute Gasteiger partial charge is 0.286 e. The molecule has 2 N–H and O–H groups in total. The molecule has 2 unspecified atom stereocenters. The van der Waals surface area contributed by atoms with Crippen molar-refractivity contribution in [2.75, 3.05) is 19.6 Å². The van der Waals surface area contributed by atoms with Gasteiger partial charge in [0.1, 0.15) is 5.58 Å². The van der Waals surface area contributed by atoms with E-state index in [0.717, 1.165) is 36.4 Å². The second-order valence-corrected chi connectivity index (χ2v) is 24.6. The largest absolute Gasteiger partial charge is 0.470 e. The van der Waals surface area contributed by atoms with Crippen LogP contribution in [0.1, 0.15) is 139 Å². The fourth-order valence-corrected chi connectivity index (χ4v) is 10.4. The Morgan fingerprint density at radius 2 is 1.53 bits per heavy atom. The molecule has 0 saturated heterocycles. The van der Waals surface area contributed by atoms with E-state index >= 15 is 0 Å². The standard InChI is InChI=1S/C59H84BN2OSi/c1-17-48(36-44(6)57(8,9)10)60(56-38-47-37-51-52(39-55(47)63-56)59(13,14)32-31-58(51,11)12)53(40-61-33-22-26-50-43(5)28-27-42(4)45(50)7)54(35-41(2)3)62-34-21-25-49(64(15)16)30-29-46-23-19-18-20-24-46/h17-26,30,35-39,42-43,61-62H,27-29,31-34,40H2,1-16H3/b25-21-,26-22-,44-36+,48-17+,49-30+,54-53-. The minimum atomic E-state index is -0.657. The van der Waals surface area contributed by atoms with E-state index in [-0.39, 0.29) is 23.0 Å². The van der Waals surface area contributed by atoms with Gasteiger partial charge in [-0.2, -0.15) is 0 Å². The maximum Gasteiger partial charge on any atom is 0.286 e. The normalized spacial score (nSPS) is 20.0. The van der Waals surface area contributed by atoms with E-state index in [1.165, 1.54) is 80.6 Å². The summed E-state index contributed by atoms with van der Waals surface area (Å²) in [6, 6.07) is 18.0. The summed E-state index contributed by atoms with van der Waals surface area (Å²) in [4.78, 5) is 0. The van der Waals surface area contributed by atoms with Crippen molar-refractivity contribution in [2.24, 2.45) is 17.3 Å². The molecule has 64 heavy (non-hydrogen) atoms. The summed E-state index contributed by atoms with van der Waals surface area (Å²) in [5, 5.41) is 10.6. The van der Waals surface area contributed by atoms with Gasteiger partial charge in [0.25, 0.3) is 6.71 Å². The Bertz CT molecular complexity index is 2270. The SMILES string of the molecule is C/C=C(\C=C(/C)C(C)(C)C)B(/C(CNC/C=C\C1=C(C)C(C)CCC1C)=C(/C=C(C)C)NC/C=C\C(=C/Cc1ccccc1)[Si](C)C)c1cc2cc3c(cc2o1)C(C)(C)CCC3(C)C. The Kier molecular flexibility index (Phi) is 17.5. The third-order valence-corrected chi connectivity index (χ3v) is 16.0. The molecule has 0 amide bonds. The number of hydrogen-bond donors (Lipinski definition) is 2. The van der Waals surface area contributed by atoms with Crippen molar-refractivity contribution in [3.63, 3.8) is 0 Å². The summed E-state index contributed by atoms with van der Waals surface area (Å²) < 4.78 is 7.21. The van der Waals surface area contributed by atoms with Gasteiger partial charge >= 0.3 is 0 Å². The molecule has 2 aliphatic rings. The van der Waals surface area contributed by atoms with Gasteiger partial charge in [0.2, 0.25) is 0 Å². The zero-order valence-electron chi connectivity index (χ0n) is 43.0. The van der Waals surface area contributed by atoms with E-state index in [2.05, 4.69) is 218 Å². The van der Waals surface area contributed by atoms with Gasteiger partial charge in [-0.1, -0.05) is 181 Å². The number of nitrogens with one attached hydrogen (secondary N) is 2. The van der Waals surface area contributed by atoms with E-state index in [0.29, 0.717) is 18.4 Å². The molecule has 2 aromatic carbocycles. The van der Waals surface area contributed by atoms with Gasteiger partial charge in [-0.15, -0.1) is 0 Å². The molecule has 3 aromatic rings. The van der Waals surface area contributed by atoms with Crippen LogP contribution in [-0.2, 0) is 17.3 Å². The monoisotopic (exact) mass is 876 g/mol. The second-order valence-electron chi connectivity index (χ2n) is 22.0. The minimum Gasteiger partial charge on any atom is -0.470 e. The van der Waals surface area contributed by atoms with Gasteiger partial charge in [0.05, 0.1) is 14.5 Å². The highest BCUT2D eigenvalue weighted by atomic mass is 28.3. The average Bonchev–Trinajstić information content (AvgIpc) is 3.65. The van der Waals surface area contributed by atoms with E-state index in [9.17, 15) is 0 Å². The van der Waals surface area contributed by atoms with Crippen molar-refractivity contribution in [1.82, 2.24) is 10.6 Å². The highest BCUT2D eigenvalue weighted by Crippen LogP contribution is 2.47. The molecule has 1 radical (unpaired) electrons. The zero-order chi connectivity index (χ0) is 47.0. The molecular weight excluding hydrogens is 792 g/mol. The molecule has 1 heterocycles. The lowest BCUT2D eigenvalue weighted by atomic mass is 9.37. The molecular formula is C59H84BN2OSi. The Morgan fingerprint density at radius 3 is 2.16 bits per heavy atom. The molecule has 2 atom stereocenters. The van der Waals surface area contributed by atoms with Crippen molar-refractivity contribution in [1.29, 1.82) is 0 Å². The van der Waals surface area contributed by atoms with Crippen molar-refractivity contribution in [2.45, 2.75) is 153 Å². The molecule has 3 nitrogen and oxygen atoms in total. The van der Waals surface area contributed by atoms with Gasteiger partial charge in [-0.3, -0.25) is 0 Å². The molecule has 0 fully saturated rings. The Balaban J connectivity index is 1.66. The van der Waals surface area contributed by atoms with Crippen LogP contribution in [0.15, 0.2) is 146 Å². The first-order chi connectivity index (χ1) is 30.1. The fraction of sp³-hybridized carbons (Fsp3) is 0.492. The van der Waals surface area contributed by atoms with Crippen LogP contribution in [0.2, 0.25) is 13.1 Å². The number of hydrogen-bond acceptors (Lipinski definition) is 3. The maximum atomic E-state index is 7.21. The van der Waals surface area contributed by atoms with Crippen LogP contribution >= 0.6 is 0 Å². The summed E-state index contributed by atoms with van der Waals surface area (Å²) in [5.41, 5.74) is 15.8. The van der Waals surface area contributed by atoms with Gasteiger partial charge in [-0.25, -0.2) is 0 Å². The Morgan fingerprint density at radius 1 is 0.875 bits per heavy atom. The number of furan rings is 1. The van der Waals surface area contributed by atoms with E-state index in [4.69, 9.17) is 4.42 Å².